The van der Waals surface area contributed by atoms with Gasteiger partial charge in [0.1, 0.15) is 0 Å². The van der Waals surface area contributed by atoms with Crippen molar-refractivity contribution >= 4 is 50.7 Å². The van der Waals surface area contributed by atoms with E-state index in [1.807, 2.05) is 0 Å². The molecular weight excluding hydrogens is 628 g/mol. The second-order valence-corrected chi connectivity index (χ2v) is 10.3. The van der Waals surface area contributed by atoms with Crippen molar-refractivity contribution in [3.05, 3.63) is 91.1 Å². The Kier molecular flexibility index (Phi) is 8.25. The number of methoxy groups -OCH3 is 2. The Morgan fingerprint density at radius 2 is 1.83 bits per heavy atom. The van der Waals surface area contributed by atoms with Gasteiger partial charge in [0.2, 0.25) is 5.75 Å². The van der Waals surface area contributed by atoms with Gasteiger partial charge in [-0.1, -0.05) is 27.3 Å². The lowest BCUT2D eigenvalue weighted by Gasteiger charge is -2.26. The first-order valence-electron chi connectivity index (χ1n) is 11.7. The number of rotatable bonds is 8. The van der Waals surface area contributed by atoms with Crippen LogP contribution < -0.4 is 24.4 Å². The SMILES string of the molecule is CCOC(=O)C1=C(C)N=c2s/c(=C\c3cc([N+](=O)[O-])cc([N+](=O)[O-])c3O)c(=O)n2[C@H]1c1cc(OC)c(OC)cc1Br. The maximum absolute atomic E-state index is 13.9. The van der Waals surface area contributed by atoms with Crippen molar-refractivity contribution in [2.45, 2.75) is 19.9 Å². The van der Waals surface area contributed by atoms with Crippen LogP contribution in [-0.4, -0.2) is 46.3 Å². The number of nitrogens with zero attached hydrogens (tertiary/aromatic N) is 4. The number of hydrogen-bond acceptors (Lipinski definition) is 12. The van der Waals surface area contributed by atoms with Crippen molar-refractivity contribution < 1.29 is 34.0 Å². The standard InChI is InChI=1S/C25H21BrN4O10S/c1-5-40-24(33)20-11(2)27-25-28(21(20)14-9-17(38-3)18(39-4)10-15(14)26)23(32)19(41-25)7-12-6-13(29(34)35)8-16(22(12)31)30(36)37/h6-10,21,31H,5H2,1-4H3/b19-7-/t21-/m0/s1. The highest BCUT2D eigenvalue weighted by atomic mass is 79.9. The van der Waals surface area contributed by atoms with Gasteiger partial charge in [-0.25, -0.2) is 9.79 Å². The fraction of sp³-hybridized carbons (Fsp3) is 0.240. The van der Waals surface area contributed by atoms with Gasteiger partial charge in [-0.3, -0.25) is 29.6 Å². The summed E-state index contributed by atoms with van der Waals surface area (Å²) < 4.78 is 17.7. The van der Waals surface area contributed by atoms with Gasteiger partial charge in [0, 0.05) is 16.1 Å². The molecule has 0 aliphatic carbocycles. The van der Waals surface area contributed by atoms with E-state index in [1.54, 1.807) is 26.0 Å². The van der Waals surface area contributed by atoms with Crippen molar-refractivity contribution in [2.24, 2.45) is 4.99 Å². The van der Waals surface area contributed by atoms with E-state index in [4.69, 9.17) is 14.2 Å². The Morgan fingerprint density at radius 3 is 2.41 bits per heavy atom. The molecule has 16 heteroatoms. The number of esters is 1. The van der Waals surface area contributed by atoms with Crippen LogP contribution in [0.2, 0.25) is 0 Å². The molecule has 1 aromatic heterocycles. The van der Waals surface area contributed by atoms with Gasteiger partial charge < -0.3 is 19.3 Å². The lowest BCUT2D eigenvalue weighted by Crippen LogP contribution is -2.40. The predicted molar refractivity (Wildman–Crippen MR) is 149 cm³/mol. The first-order valence-corrected chi connectivity index (χ1v) is 13.3. The van der Waals surface area contributed by atoms with Crippen LogP contribution in [-0.2, 0) is 9.53 Å². The van der Waals surface area contributed by atoms with Gasteiger partial charge in [0.25, 0.3) is 11.2 Å². The van der Waals surface area contributed by atoms with Gasteiger partial charge in [-0.05, 0) is 37.6 Å². The van der Waals surface area contributed by atoms with Crippen LogP contribution in [0, 0.1) is 20.2 Å². The van der Waals surface area contributed by atoms with Gasteiger partial charge in [-0.15, -0.1) is 0 Å². The zero-order valence-corrected chi connectivity index (χ0v) is 24.3. The summed E-state index contributed by atoms with van der Waals surface area (Å²) in [7, 11) is 2.88. The third kappa shape index (κ3) is 5.30. The fourth-order valence-electron chi connectivity index (χ4n) is 4.29. The summed E-state index contributed by atoms with van der Waals surface area (Å²) in [5, 5.41) is 33.3. The quantitative estimate of drug-likeness (QED) is 0.216. The van der Waals surface area contributed by atoms with E-state index in [9.17, 15) is 34.9 Å². The number of aromatic nitrogens is 1. The number of allylic oxidation sites excluding steroid dienone is 1. The maximum atomic E-state index is 13.9. The number of ether oxygens (including phenoxy) is 3. The van der Waals surface area contributed by atoms with Crippen LogP contribution in [0.5, 0.6) is 17.2 Å². The van der Waals surface area contributed by atoms with Gasteiger partial charge in [0.15, 0.2) is 16.3 Å². The average Bonchev–Trinajstić information content (AvgIpc) is 3.22. The van der Waals surface area contributed by atoms with E-state index in [0.717, 1.165) is 23.5 Å². The number of halogens is 1. The minimum Gasteiger partial charge on any atom is -0.502 e. The summed E-state index contributed by atoms with van der Waals surface area (Å²) in [4.78, 5) is 52.6. The number of non-ortho nitro benzene ring substituents is 1. The maximum Gasteiger partial charge on any atom is 0.338 e. The molecule has 1 atom stereocenters. The van der Waals surface area contributed by atoms with Crippen molar-refractivity contribution in [1.29, 1.82) is 0 Å². The highest BCUT2D eigenvalue weighted by Gasteiger charge is 2.35. The van der Waals surface area contributed by atoms with E-state index < -0.39 is 44.5 Å². The van der Waals surface area contributed by atoms with E-state index in [-0.39, 0.29) is 32.8 Å². The monoisotopic (exact) mass is 648 g/mol. The third-order valence-corrected chi connectivity index (χ3v) is 7.78. The summed E-state index contributed by atoms with van der Waals surface area (Å²) in [6.07, 6.45) is 1.10. The molecule has 0 amide bonds. The molecule has 1 aliphatic heterocycles. The number of hydrogen-bond donors (Lipinski definition) is 1. The number of phenolic OH excluding ortho intramolecular Hbond substituents is 1. The zero-order valence-electron chi connectivity index (χ0n) is 21.9. The highest BCUT2D eigenvalue weighted by Crippen LogP contribution is 2.41. The number of thiazole rings is 1. The number of benzene rings is 2. The van der Waals surface area contributed by atoms with E-state index in [1.165, 1.54) is 18.8 Å². The van der Waals surface area contributed by atoms with Crippen LogP contribution in [0.1, 0.15) is 31.0 Å². The summed E-state index contributed by atoms with van der Waals surface area (Å²) in [6, 6.07) is 3.69. The van der Waals surface area contributed by atoms with Crippen LogP contribution in [0.4, 0.5) is 11.4 Å². The summed E-state index contributed by atoms with van der Waals surface area (Å²) in [6.45, 7) is 3.28. The Morgan fingerprint density at radius 1 is 1.17 bits per heavy atom. The Balaban J connectivity index is 2.05. The number of aromatic hydroxyl groups is 1. The summed E-state index contributed by atoms with van der Waals surface area (Å²) in [5.74, 6) is -0.855. The van der Waals surface area contributed by atoms with Crippen molar-refractivity contribution in [1.82, 2.24) is 4.57 Å². The molecule has 2 heterocycles. The minimum absolute atomic E-state index is 0.0602. The first-order chi connectivity index (χ1) is 19.4. The van der Waals surface area contributed by atoms with Crippen molar-refractivity contribution in [3.63, 3.8) is 0 Å². The molecule has 2 aromatic carbocycles. The molecule has 0 radical (unpaired) electrons. The minimum atomic E-state index is -1.06. The van der Waals surface area contributed by atoms with Crippen LogP contribution in [0.25, 0.3) is 6.08 Å². The number of carbonyl (C=O) groups excluding carboxylic acids is 1. The molecule has 0 unspecified atom stereocenters. The van der Waals surface area contributed by atoms with E-state index >= 15 is 0 Å². The van der Waals surface area contributed by atoms with Gasteiger partial charge in [0.05, 0.1) is 58.6 Å². The van der Waals surface area contributed by atoms with Gasteiger partial charge >= 0.3 is 11.7 Å². The third-order valence-electron chi connectivity index (χ3n) is 6.11. The fourth-order valence-corrected chi connectivity index (χ4v) is 5.86. The molecule has 0 saturated heterocycles. The average molecular weight is 649 g/mol. The molecule has 0 spiro atoms. The number of carbonyl (C=O) groups is 1. The topological polar surface area (TPSA) is 186 Å². The Labute approximate surface area is 242 Å². The molecule has 1 aliphatic rings. The molecular formula is C25H21BrN4O10S. The lowest BCUT2D eigenvalue weighted by atomic mass is 9.95. The second kappa shape index (κ2) is 11.5. The molecule has 0 bridgehead atoms. The van der Waals surface area contributed by atoms with E-state index in [2.05, 4.69) is 20.9 Å². The number of nitro benzene ring substituents is 2. The molecule has 214 valence electrons. The van der Waals surface area contributed by atoms with Crippen LogP contribution in [0.3, 0.4) is 0 Å². The highest BCUT2D eigenvalue weighted by molar-refractivity contribution is 9.10. The first kappa shape index (κ1) is 29.4. The Bertz CT molecular complexity index is 1830. The van der Waals surface area contributed by atoms with E-state index in [0.29, 0.717) is 27.6 Å². The van der Waals surface area contributed by atoms with Gasteiger partial charge in [-0.2, -0.15) is 0 Å². The molecule has 14 nitrogen and oxygen atoms in total. The number of fused-ring (bicyclic) bond motifs is 1. The summed E-state index contributed by atoms with van der Waals surface area (Å²) >= 11 is 4.36. The molecule has 4 rings (SSSR count). The van der Waals surface area contributed by atoms with Crippen LogP contribution in [0.15, 0.2) is 49.8 Å². The second-order valence-electron chi connectivity index (χ2n) is 8.45. The largest absolute Gasteiger partial charge is 0.502 e. The normalized spacial score (nSPS) is 14.8. The Hall–Kier alpha value is -4.57. The predicted octanol–water partition coefficient (Wildman–Crippen LogP) is 3.10. The molecule has 0 fully saturated rings. The molecule has 0 saturated carbocycles. The van der Waals surface area contributed by atoms with Crippen molar-refractivity contribution in [2.75, 3.05) is 20.8 Å². The van der Waals surface area contributed by atoms with Crippen molar-refractivity contribution in [3.8, 4) is 17.2 Å². The number of nitro groups is 2. The zero-order chi connectivity index (χ0) is 30.2. The lowest BCUT2D eigenvalue weighted by molar-refractivity contribution is -0.394. The number of phenols is 1. The van der Waals surface area contributed by atoms with Crippen LogP contribution >= 0.6 is 27.3 Å². The molecule has 1 N–H and O–H groups in total. The molecule has 41 heavy (non-hydrogen) atoms. The smallest absolute Gasteiger partial charge is 0.338 e. The summed E-state index contributed by atoms with van der Waals surface area (Å²) in [5.41, 5.74) is -1.76. The molecule has 3 aromatic rings.